The Morgan fingerprint density at radius 1 is 0.814 bits per heavy atom. The molecule has 2 atom stereocenters. The molecule has 0 radical (unpaired) electrons. The second kappa shape index (κ2) is 24.8. The summed E-state index contributed by atoms with van der Waals surface area (Å²) in [6, 6.07) is 8.63. The van der Waals surface area contributed by atoms with Gasteiger partial charge in [-0.05, 0) is 18.6 Å². The average molecular weight is 629 g/mol. The molecule has 0 aliphatic carbocycles. The van der Waals surface area contributed by atoms with Gasteiger partial charge in [0.25, 0.3) is 0 Å². The molecule has 2 unspecified atom stereocenters. The van der Waals surface area contributed by atoms with Crippen LogP contribution in [0.3, 0.4) is 0 Å². The largest absolute Gasteiger partial charge is 0.472 e. The van der Waals surface area contributed by atoms with Gasteiger partial charge in [-0.2, -0.15) is 0 Å². The number of phosphoric acid groups is 1. The van der Waals surface area contributed by atoms with Crippen molar-refractivity contribution in [2.75, 3.05) is 59.4 Å². The molecule has 1 aromatic rings. The van der Waals surface area contributed by atoms with Crippen molar-refractivity contribution in [1.29, 1.82) is 0 Å². The monoisotopic (exact) mass is 628 g/mol. The molecule has 0 fully saturated rings. The number of likely N-dealkylation sites (N-methyl/N-ethyl adjacent to an activating group) is 1. The normalized spacial score (nSPS) is 13.9. The van der Waals surface area contributed by atoms with Gasteiger partial charge in [-0.25, -0.2) is 9.36 Å². The zero-order chi connectivity index (χ0) is 31.7. The zero-order valence-corrected chi connectivity index (χ0v) is 28.6. The molecule has 0 aliphatic heterocycles. The Hall–Kier alpha value is -1.48. The topological polar surface area (TPSA) is 106 Å². The summed E-state index contributed by atoms with van der Waals surface area (Å²) in [6.07, 6.45) is 20.1. The molecular weight excluding hydrogens is 565 g/mol. The van der Waals surface area contributed by atoms with E-state index in [1.165, 1.54) is 89.9 Å². The van der Waals surface area contributed by atoms with Crippen LogP contribution in [0.1, 0.15) is 110 Å². The molecule has 1 aromatic carbocycles. The van der Waals surface area contributed by atoms with Gasteiger partial charge in [-0.1, -0.05) is 121 Å². The van der Waals surface area contributed by atoms with Gasteiger partial charge < -0.3 is 24.7 Å². The molecule has 0 aliphatic rings. The van der Waals surface area contributed by atoms with Crippen molar-refractivity contribution in [2.24, 2.45) is 0 Å². The van der Waals surface area contributed by atoms with Crippen molar-refractivity contribution in [3.63, 3.8) is 0 Å². The van der Waals surface area contributed by atoms with Crippen molar-refractivity contribution in [3.8, 4) is 0 Å². The van der Waals surface area contributed by atoms with Gasteiger partial charge in [0.15, 0.2) is 0 Å². The molecule has 10 heteroatoms. The molecule has 0 bridgehead atoms. The van der Waals surface area contributed by atoms with E-state index in [4.69, 9.17) is 13.8 Å². The smallest absolute Gasteiger partial charge is 0.379 e. The summed E-state index contributed by atoms with van der Waals surface area (Å²) in [7, 11) is 1.59. The molecular formula is C33H63N3O6P+. The van der Waals surface area contributed by atoms with Gasteiger partial charge in [-0.3, -0.25) is 9.05 Å². The lowest BCUT2D eigenvalue weighted by molar-refractivity contribution is -0.870. The fraction of sp³-hybridized carbons (Fsp3) is 0.788. The van der Waals surface area contributed by atoms with Gasteiger partial charge in [0.2, 0.25) is 0 Å². The van der Waals surface area contributed by atoms with E-state index < -0.39 is 20.0 Å². The minimum Gasteiger partial charge on any atom is -0.379 e. The second-order valence-electron chi connectivity index (χ2n) is 12.6. The van der Waals surface area contributed by atoms with Crippen LogP contribution >= 0.6 is 7.82 Å². The minimum absolute atomic E-state index is 0.000862. The Kier molecular flexibility index (Phi) is 22.8. The number of para-hydroxylation sites is 1. The lowest BCUT2D eigenvalue weighted by atomic mass is 10.0. The number of anilines is 1. The van der Waals surface area contributed by atoms with E-state index >= 15 is 0 Å². The standard InChI is InChI=1S/C33H62N3O6P/c1-5-6-7-8-9-10-11-12-13-14-15-16-17-18-19-23-27-40-30-32(42-43(38,39)41-28-26-36(2,3)4)29-34-33(37)35-31-24-21-20-22-25-31/h20-22,24-25,32H,5-19,23,26-30H2,1-4H3,(H2-,34,35,37,38,39)/p+1. The van der Waals surface area contributed by atoms with Gasteiger partial charge in [0, 0.05) is 18.8 Å². The van der Waals surface area contributed by atoms with Crippen LogP contribution in [0.5, 0.6) is 0 Å². The Balaban J connectivity index is 2.22. The highest BCUT2D eigenvalue weighted by Crippen LogP contribution is 2.44. The van der Waals surface area contributed by atoms with Crippen LogP contribution in [0.4, 0.5) is 10.5 Å². The molecule has 3 N–H and O–H groups in total. The Morgan fingerprint density at radius 2 is 1.33 bits per heavy atom. The Labute approximate surface area is 262 Å². The number of carbonyl (C=O) groups is 1. The average Bonchev–Trinajstić information content (AvgIpc) is 2.94. The second-order valence-corrected chi connectivity index (χ2v) is 14.0. The van der Waals surface area contributed by atoms with Gasteiger partial charge in [0.1, 0.15) is 19.3 Å². The summed E-state index contributed by atoms with van der Waals surface area (Å²) in [6.45, 7) is 3.50. The summed E-state index contributed by atoms with van der Waals surface area (Å²) >= 11 is 0. The van der Waals surface area contributed by atoms with Gasteiger partial charge in [-0.15, -0.1) is 0 Å². The number of nitrogens with one attached hydrogen (secondary N) is 2. The number of benzene rings is 1. The number of rotatable bonds is 28. The molecule has 0 aromatic heterocycles. The van der Waals surface area contributed by atoms with Crippen molar-refractivity contribution in [2.45, 2.75) is 116 Å². The number of urea groups is 1. The van der Waals surface area contributed by atoms with Crippen LogP contribution in [-0.2, 0) is 18.3 Å². The third-order valence-electron chi connectivity index (χ3n) is 7.27. The third-order valence-corrected chi connectivity index (χ3v) is 8.34. The molecule has 2 amide bonds. The van der Waals surface area contributed by atoms with E-state index in [0.717, 1.165) is 12.8 Å². The summed E-state index contributed by atoms with van der Waals surface area (Å²) in [5.74, 6) is 0. The lowest BCUT2D eigenvalue weighted by Gasteiger charge is -2.25. The number of quaternary nitrogens is 1. The number of phosphoric ester groups is 1. The van der Waals surface area contributed by atoms with E-state index in [9.17, 15) is 14.3 Å². The first-order valence-electron chi connectivity index (χ1n) is 16.7. The van der Waals surface area contributed by atoms with Crippen molar-refractivity contribution < 1.29 is 32.5 Å². The highest BCUT2D eigenvalue weighted by molar-refractivity contribution is 7.47. The predicted octanol–water partition coefficient (Wildman–Crippen LogP) is 8.29. The summed E-state index contributed by atoms with van der Waals surface area (Å²) < 4.78 is 29.5. The van der Waals surface area contributed by atoms with Gasteiger partial charge >= 0.3 is 13.9 Å². The van der Waals surface area contributed by atoms with Crippen LogP contribution in [-0.4, -0.2) is 75.6 Å². The van der Waals surface area contributed by atoms with Gasteiger partial charge in [0.05, 0.1) is 27.7 Å². The first-order chi connectivity index (χ1) is 20.6. The van der Waals surface area contributed by atoms with E-state index in [2.05, 4.69) is 17.6 Å². The van der Waals surface area contributed by atoms with Crippen LogP contribution in [0, 0.1) is 0 Å². The molecule has 9 nitrogen and oxygen atoms in total. The summed E-state index contributed by atoms with van der Waals surface area (Å²) in [5.41, 5.74) is 0.647. The first-order valence-corrected chi connectivity index (χ1v) is 18.2. The van der Waals surface area contributed by atoms with E-state index in [-0.39, 0.29) is 19.8 Å². The number of hydrogen-bond acceptors (Lipinski definition) is 5. The maximum atomic E-state index is 12.6. The number of unbranched alkanes of at least 4 members (excludes halogenated alkanes) is 15. The quantitative estimate of drug-likeness (QED) is 0.0490. The molecule has 43 heavy (non-hydrogen) atoms. The van der Waals surface area contributed by atoms with Crippen LogP contribution < -0.4 is 10.6 Å². The minimum atomic E-state index is -4.32. The predicted molar refractivity (Wildman–Crippen MR) is 177 cm³/mol. The highest BCUT2D eigenvalue weighted by atomic mass is 31.2. The Morgan fingerprint density at radius 3 is 1.84 bits per heavy atom. The van der Waals surface area contributed by atoms with Crippen LogP contribution in [0.25, 0.3) is 0 Å². The maximum Gasteiger partial charge on any atom is 0.472 e. The van der Waals surface area contributed by atoms with Crippen LogP contribution in [0.15, 0.2) is 30.3 Å². The fourth-order valence-electron chi connectivity index (χ4n) is 4.65. The van der Waals surface area contributed by atoms with Crippen molar-refractivity contribution in [3.05, 3.63) is 30.3 Å². The molecule has 1 rings (SSSR count). The molecule has 0 saturated carbocycles. The third kappa shape index (κ3) is 25.5. The van der Waals surface area contributed by atoms with E-state index in [1.807, 2.05) is 39.3 Å². The number of amides is 2. The first kappa shape index (κ1) is 39.5. The summed E-state index contributed by atoms with van der Waals surface area (Å²) in [4.78, 5) is 22.6. The lowest BCUT2D eigenvalue weighted by Crippen LogP contribution is -2.39. The number of nitrogens with zero attached hydrogens (tertiary/aromatic N) is 1. The fourth-order valence-corrected chi connectivity index (χ4v) is 5.53. The maximum absolute atomic E-state index is 12.6. The zero-order valence-electron chi connectivity index (χ0n) is 27.7. The van der Waals surface area contributed by atoms with Crippen molar-refractivity contribution in [1.82, 2.24) is 5.32 Å². The highest BCUT2D eigenvalue weighted by Gasteiger charge is 2.28. The van der Waals surface area contributed by atoms with E-state index in [0.29, 0.717) is 23.3 Å². The van der Waals surface area contributed by atoms with E-state index in [1.54, 1.807) is 12.1 Å². The van der Waals surface area contributed by atoms with Crippen LogP contribution in [0.2, 0.25) is 0 Å². The SMILES string of the molecule is CCCCCCCCCCCCCCCCCCOCC(CNC(=O)Nc1ccccc1)OP(=O)(O)OCC[N+](C)(C)C. The summed E-state index contributed by atoms with van der Waals surface area (Å²) in [5, 5.41) is 5.42. The number of hydrogen-bond donors (Lipinski definition) is 3. The number of carbonyl (C=O) groups excluding carboxylic acids is 1. The molecule has 250 valence electrons. The van der Waals surface area contributed by atoms with Crippen molar-refractivity contribution >= 4 is 19.5 Å². The number of ether oxygens (including phenoxy) is 1. The molecule has 0 heterocycles. The molecule has 0 saturated heterocycles. The Bertz CT molecular complexity index is 853. The molecule has 0 spiro atoms.